The Kier molecular flexibility index (Phi) is 1.83. The lowest BCUT2D eigenvalue weighted by Gasteiger charge is -2.23. The molecule has 1 fully saturated rings. The number of rotatable bonds is 1. The van der Waals surface area contributed by atoms with E-state index in [1.807, 2.05) is 16.6 Å². The van der Waals surface area contributed by atoms with Crippen LogP contribution in [0, 0.1) is 0 Å². The minimum Gasteiger partial charge on any atom is -0.231 e. The van der Waals surface area contributed by atoms with Crippen LogP contribution in [0.15, 0.2) is 22.9 Å². The minimum atomic E-state index is 0.645. The molecule has 0 radical (unpaired) electrons. The summed E-state index contributed by atoms with van der Waals surface area (Å²) in [6.07, 6.45) is 5.65. The van der Waals surface area contributed by atoms with Crippen LogP contribution in [-0.4, -0.2) is 14.6 Å². The molecule has 0 bridgehead atoms. The van der Waals surface area contributed by atoms with Gasteiger partial charge in [0.15, 0.2) is 5.65 Å². The third-order valence-electron chi connectivity index (χ3n) is 2.85. The van der Waals surface area contributed by atoms with Crippen LogP contribution in [0.2, 0.25) is 0 Å². The van der Waals surface area contributed by atoms with Gasteiger partial charge in [0.25, 0.3) is 0 Å². The maximum atomic E-state index is 4.59. The number of imidazole rings is 1. The molecular weight excluding hydrogens is 242 g/mol. The topological polar surface area (TPSA) is 30.2 Å². The fraction of sp³-hybridized carbons (Fsp3) is 0.400. The van der Waals surface area contributed by atoms with Crippen molar-refractivity contribution in [3.05, 3.63) is 28.6 Å². The van der Waals surface area contributed by atoms with Gasteiger partial charge in [-0.05, 0) is 40.9 Å². The summed E-state index contributed by atoms with van der Waals surface area (Å²) in [4.78, 5) is 4.59. The predicted molar refractivity (Wildman–Crippen MR) is 57.3 cm³/mol. The number of aromatic nitrogens is 3. The molecule has 0 amide bonds. The summed E-state index contributed by atoms with van der Waals surface area (Å²) in [5, 5.41) is 4.25. The summed E-state index contributed by atoms with van der Waals surface area (Å²) in [7, 11) is 0. The molecule has 72 valence electrons. The van der Waals surface area contributed by atoms with Crippen molar-refractivity contribution in [1.29, 1.82) is 0 Å². The van der Waals surface area contributed by atoms with E-state index in [1.165, 1.54) is 25.0 Å². The predicted octanol–water partition coefficient (Wildman–Crippen LogP) is 2.76. The highest BCUT2D eigenvalue weighted by molar-refractivity contribution is 9.10. The minimum absolute atomic E-state index is 0.645. The standard InChI is InChI=1S/C10H10BrN3/c11-10-9(7-3-1-4-7)13-8-5-2-6-12-14(8)10/h2,5-7H,1,3-4H2. The summed E-state index contributed by atoms with van der Waals surface area (Å²) in [5.41, 5.74) is 2.11. The Hall–Kier alpha value is -0.900. The zero-order chi connectivity index (χ0) is 9.54. The van der Waals surface area contributed by atoms with Crippen molar-refractivity contribution in [3.8, 4) is 0 Å². The Bertz CT molecular complexity index is 473. The first kappa shape index (κ1) is 8.41. The van der Waals surface area contributed by atoms with Crippen LogP contribution in [0.25, 0.3) is 5.65 Å². The molecule has 1 aliphatic carbocycles. The molecule has 0 aromatic carbocycles. The van der Waals surface area contributed by atoms with Gasteiger partial charge in [-0.1, -0.05) is 6.42 Å². The normalized spacial score (nSPS) is 17.2. The van der Waals surface area contributed by atoms with E-state index in [2.05, 4.69) is 26.0 Å². The molecule has 14 heavy (non-hydrogen) atoms. The van der Waals surface area contributed by atoms with Gasteiger partial charge in [0, 0.05) is 12.1 Å². The lowest BCUT2D eigenvalue weighted by molar-refractivity contribution is 0.411. The molecule has 3 rings (SSSR count). The maximum Gasteiger partial charge on any atom is 0.155 e. The molecule has 0 atom stereocenters. The third-order valence-corrected chi connectivity index (χ3v) is 3.60. The van der Waals surface area contributed by atoms with Gasteiger partial charge in [0.1, 0.15) is 4.60 Å². The van der Waals surface area contributed by atoms with E-state index >= 15 is 0 Å². The SMILES string of the molecule is Brc1c(C2CCC2)nc2cccnn12. The van der Waals surface area contributed by atoms with Gasteiger partial charge in [0.05, 0.1) is 5.69 Å². The van der Waals surface area contributed by atoms with Gasteiger partial charge in [-0.3, -0.25) is 0 Å². The first-order valence-electron chi connectivity index (χ1n) is 4.85. The van der Waals surface area contributed by atoms with Crippen LogP contribution in [0.1, 0.15) is 30.9 Å². The zero-order valence-electron chi connectivity index (χ0n) is 7.65. The Morgan fingerprint density at radius 3 is 2.93 bits per heavy atom. The lowest BCUT2D eigenvalue weighted by Crippen LogP contribution is -2.09. The molecule has 0 spiro atoms. The monoisotopic (exact) mass is 251 g/mol. The number of hydrogen-bond donors (Lipinski definition) is 0. The Labute approximate surface area is 90.3 Å². The van der Waals surface area contributed by atoms with Gasteiger partial charge in [0.2, 0.25) is 0 Å². The van der Waals surface area contributed by atoms with E-state index in [1.54, 1.807) is 6.20 Å². The molecular formula is C10H10BrN3. The molecule has 4 heteroatoms. The third kappa shape index (κ3) is 1.10. The van der Waals surface area contributed by atoms with Crippen molar-refractivity contribution in [2.45, 2.75) is 25.2 Å². The quantitative estimate of drug-likeness (QED) is 0.781. The van der Waals surface area contributed by atoms with Crippen LogP contribution in [0.5, 0.6) is 0 Å². The Morgan fingerprint density at radius 1 is 1.43 bits per heavy atom. The van der Waals surface area contributed by atoms with Crippen molar-refractivity contribution >= 4 is 21.6 Å². The number of halogens is 1. The lowest BCUT2D eigenvalue weighted by atomic mass is 9.83. The maximum absolute atomic E-state index is 4.59. The highest BCUT2D eigenvalue weighted by Gasteiger charge is 2.25. The molecule has 0 saturated heterocycles. The Balaban J connectivity index is 2.19. The molecule has 2 aromatic rings. The van der Waals surface area contributed by atoms with Crippen LogP contribution in [0.3, 0.4) is 0 Å². The summed E-state index contributed by atoms with van der Waals surface area (Å²) < 4.78 is 2.88. The molecule has 0 N–H and O–H groups in total. The summed E-state index contributed by atoms with van der Waals surface area (Å²) >= 11 is 3.57. The molecule has 2 aromatic heterocycles. The second kappa shape index (κ2) is 3.05. The molecule has 3 nitrogen and oxygen atoms in total. The molecule has 1 saturated carbocycles. The number of fused-ring (bicyclic) bond motifs is 1. The van der Waals surface area contributed by atoms with Gasteiger partial charge < -0.3 is 0 Å². The smallest absolute Gasteiger partial charge is 0.155 e. The van der Waals surface area contributed by atoms with Crippen LogP contribution >= 0.6 is 15.9 Å². The van der Waals surface area contributed by atoms with E-state index < -0.39 is 0 Å². The molecule has 0 aliphatic heterocycles. The highest BCUT2D eigenvalue weighted by Crippen LogP contribution is 2.39. The second-order valence-corrected chi connectivity index (χ2v) is 4.46. The Morgan fingerprint density at radius 2 is 2.29 bits per heavy atom. The van der Waals surface area contributed by atoms with E-state index in [0.29, 0.717) is 5.92 Å². The van der Waals surface area contributed by atoms with Gasteiger partial charge in [-0.15, -0.1) is 0 Å². The van der Waals surface area contributed by atoms with Crippen molar-refractivity contribution in [1.82, 2.24) is 14.6 Å². The van der Waals surface area contributed by atoms with Crippen molar-refractivity contribution < 1.29 is 0 Å². The fourth-order valence-electron chi connectivity index (χ4n) is 1.82. The summed E-state index contributed by atoms with van der Waals surface area (Å²) in [5.74, 6) is 0.645. The average Bonchev–Trinajstić information content (AvgIpc) is 2.43. The van der Waals surface area contributed by atoms with Crippen LogP contribution in [-0.2, 0) is 0 Å². The van der Waals surface area contributed by atoms with Gasteiger partial charge in [-0.25, -0.2) is 9.50 Å². The fourth-order valence-corrected chi connectivity index (χ4v) is 2.50. The second-order valence-electron chi connectivity index (χ2n) is 3.71. The van der Waals surface area contributed by atoms with Crippen molar-refractivity contribution in [2.75, 3.05) is 0 Å². The van der Waals surface area contributed by atoms with E-state index in [0.717, 1.165) is 10.3 Å². The highest BCUT2D eigenvalue weighted by atomic mass is 79.9. The average molecular weight is 252 g/mol. The summed E-state index contributed by atoms with van der Waals surface area (Å²) in [6.45, 7) is 0. The molecule has 2 heterocycles. The molecule has 0 unspecified atom stereocenters. The van der Waals surface area contributed by atoms with Gasteiger partial charge >= 0.3 is 0 Å². The van der Waals surface area contributed by atoms with E-state index in [9.17, 15) is 0 Å². The van der Waals surface area contributed by atoms with Crippen LogP contribution in [0.4, 0.5) is 0 Å². The van der Waals surface area contributed by atoms with E-state index in [4.69, 9.17) is 0 Å². The van der Waals surface area contributed by atoms with Gasteiger partial charge in [-0.2, -0.15) is 5.10 Å². The largest absolute Gasteiger partial charge is 0.231 e. The van der Waals surface area contributed by atoms with Crippen LogP contribution < -0.4 is 0 Å². The number of nitrogens with zero attached hydrogens (tertiary/aromatic N) is 3. The van der Waals surface area contributed by atoms with E-state index in [-0.39, 0.29) is 0 Å². The first-order valence-corrected chi connectivity index (χ1v) is 5.65. The van der Waals surface area contributed by atoms with Crippen molar-refractivity contribution in [2.24, 2.45) is 0 Å². The van der Waals surface area contributed by atoms with Crippen molar-refractivity contribution in [3.63, 3.8) is 0 Å². The number of hydrogen-bond acceptors (Lipinski definition) is 2. The zero-order valence-corrected chi connectivity index (χ0v) is 9.24. The molecule has 1 aliphatic rings. The summed E-state index contributed by atoms with van der Waals surface area (Å²) in [6, 6.07) is 3.90. The first-order chi connectivity index (χ1) is 6.86.